The Balaban J connectivity index is 3.82. The lowest BCUT2D eigenvalue weighted by Gasteiger charge is -1.92. The summed E-state index contributed by atoms with van der Waals surface area (Å²) in [5.41, 5.74) is 0.431. The Labute approximate surface area is 60.9 Å². The summed E-state index contributed by atoms with van der Waals surface area (Å²) in [4.78, 5) is 3.81. The first kappa shape index (κ1) is 8.88. The molecule has 3 nitrogen and oxygen atoms in total. The molecule has 0 aromatic heterocycles. The monoisotopic (exact) mass is 140 g/mol. The summed E-state index contributed by atoms with van der Waals surface area (Å²) in [5.74, 6) is 0.734. The van der Waals surface area contributed by atoms with Crippen LogP contribution < -0.4 is 0 Å². The zero-order valence-electron chi connectivity index (χ0n) is 6.51. The summed E-state index contributed by atoms with van der Waals surface area (Å²) in [6.45, 7) is 3.47. The van der Waals surface area contributed by atoms with E-state index in [0.29, 0.717) is 5.71 Å². The van der Waals surface area contributed by atoms with E-state index in [2.05, 4.69) is 4.99 Å². The lowest BCUT2D eigenvalue weighted by molar-refractivity contribution is 0.292. The highest BCUT2D eigenvalue weighted by Crippen LogP contribution is 1.90. The van der Waals surface area contributed by atoms with Crippen LogP contribution in [0.3, 0.4) is 0 Å². The third-order valence-electron chi connectivity index (χ3n) is 0.846. The number of nitrogens with one attached hydrogen (secondary N) is 1. The summed E-state index contributed by atoms with van der Waals surface area (Å²) in [7, 11) is 1.58. The van der Waals surface area contributed by atoms with Crippen LogP contribution in [0.5, 0.6) is 0 Å². The van der Waals surface area contributed by atoms with Crippen LogP contribution in [0.2, 0.25) is 0 Å². The van der Waals surface area contributed by atoms with Gasteiger partial charge >= 0.3 is 0 Å². The summed E-state index contributed by atoms with van der Waals surface area (Å²) in [5, 5.41) is 6.98. The van der Waals surface area contributed by atoms with Crippen molar-refractivity contribution in [3.63, 3.8) is 0 Å². The number of allylic oxidation sites excluding steroid dienone is 1. The van der Waals surface area contributed by atoms with E-state index in [-0.39, 0.29) is 0 Å². The Morgan fingerprint density at radius 1 is 1.50 bits per heavy atom. The van der Waals surface area contributed by atoms with Crippen molar-refractivity contribution in [3.8, 4) is 0 Å². The average molecular weight is 140 g/mol. The van der Waals surface area contributed by atoms with Crippen molar-refractivity contribution in [2.75, 3.05) is 7.11 Å². The third kappa shape index (κ3) is 5.03. The van der Waals surface area contributed by atoms with E-state index in [9.17, 15) is 0 Å². The molecule has 3 heteroatoms. The number of nitrogens with zero attached hydrogens (tertiary/aromatic N) is 1. The van der Waals surface area contributed by atoms with Gasteiger partial charge in [0.1, 0.15) is 5.76 Å². The molecule has 0 spiro atoms. The maximum atomic E-state index is 6.98. The normalized spacial score (nSPS) is 12.1. The molecule has 0 fully saturated rings. The summed E-state index contributed by atoms with van der Waals surface area (Å²) in [6.07, 6.45) is 3.03. The SMILES string of the molecule is CO/C(C)=C/N=C\C(C)=N. The molecule has 0 radical (unpaired) electrons. The van der Waals surface area contributed by atoms with Crippen molar-refractivity contribution in [2.45, 2.75) is 13.8 Å². The lowest BCUT2D eigenvalue weighted by Crippen LogP contribution is -1.87. The number of methoxy groups -OCH3 is 1. The van der Waals surface area contributed by atoms with E-state index < -0.39 is 0 Å². The minimum absolute atomic E-state index is 0.431. The highest BCUT2D eigenvalue weighted by Gasteiger charge is 1.79. The Kier molecular flexibility index (Phi) is 4.20. The van der Waals surface area contributed by atoms with Crippen molar-refractivity contribution in [3.05, 3.63) is 12.0 Å². The van der Waals surface area contributed by atoms with E-state index in [0.717, 1.165) is 5.76 Å². The van der Waals surface area contributed by atoms with Crippen molar-refractivity contribution < 1.29 is 4.74 Å². The van der Waals surface area contributed by atoms with Gasteiger partial charge in [-0.3, -0.25) is 4.99 Å². The molecule has 0 aliphatic carbocycles. The molecule has 0 aromatic rings. The van der Waals surface area contributed by atoms with Crippen molar-refractivity contribution >= 4 is 11.9 Å². The molecule has 0 saturated carbocycles. The zero-order valence-corrected chi connectivity index (χ0v) is 6.51. The highest BCUT2D eigenvalue weighted by atomic mass is 16.5. The zero-order chi connectivity index (χ0) is 7.98. The number of rotatable bonds is 3. The molecule has 56 valence electrons. The van der Waals surface area contributed by atoms with Gasteiger partial charge in [-0.15, -0.1) is 0 Å². The fourth-order valence-corrected chi connectivity index (χ4v) is 0.307. The van der Waals surface area contributed by atoms with Gasteiger partial charge in [-0.2, -0.15) is 0 Å². The molecule has 0 atom stereocenters. The van der Waals surface area contributed by atoms with E-state index in [4.69, 9.17) is 10.1 Å². The molecule has 0 bridgehead atoms. The minimum atomic E-state index is 0.431. The van der Waals surface area contributed by atoms with Crippen molar-refractivity contribution in [2.24, 2.45) is 4.99 Å². The molecule has 0 aliphatic heterocycles. The smallest absolute Gasteiger partial charge is 0.111 e. The van der Waals surface area contributed by atoms with Crippen LogP contribution in [-0.2, 0) is 4.74 Å². The van der Waals surface area contributed by atoms with Crippen molar-refractivity contribution in [1.29, 1.82) is 5.41 Å². The van der Waals surface area contributed by atoms with Gasteiger partial charge in [0, 0.05) is 11.9 Å². The lowest BCUT2D eigenvalue weighted by atomic mass is 10.5. The van der Waals surface area contributed by atoms with Gasteiger partial charge in [0.15, 0.2) is 0 Å². The summed E-state index contributed by atoms with van der Waals surface area (Å²) >= 11 is 0. The van der Waals surface area contributed by atoms with Crippen LogP contribution in [0.15, 0.2) is 17.0 Å². The van der Waals surface area contributed by atoms with Crippen LogP contribution >= 0.6 is 0 Å². The van der Waals surface area contributed by atoms with Crippen LogP contribution in [0, 0.1) is 5.41 Å². The first-order valence-electron chi connectivity index (χ1n) is 2.96. The number of hydrogen-bond acceptors (Lipinski definition) is 3. The van der Waals surface area contributed by atoms with E-state index >= 15 is 0 Å². The Hall–Kier alpha value is -1.12. The predicted octanol–water partition coefficient (Wildman–Crippen LogP) is 1.60. The second-order valence-electron chi connectivity index (χ2n) is 1.91. The van der Waals surface area contributed by atoms with Gasteiger partial charge in [0.05, 0.1) is 13.3 Å². The Morgan fingerprint density at radius 2 is 2.10 bits per heavy atom. The summed E-state index contributed by atoms with van der Waals surface area (Å²) < 4.78 is 4.81. The fourth-order valence-electron chi connectivity index (χ4n) is 0.307. The van der Waals surface area contributed by atoms with Crippen molar-refractivity contribution in [1.82, 2.24) is 0 Å². The maximum Gasteiger partial charge on any atom is 0.111 e. The second-order valence-corrected chi connectivity index (χ2v) is 1.91. The largest absolute Gasteiger partial charge is 0.500 e. The molecule has 1 N–H and O–H groups in total. The quantitative estimate of drug-likeness (QED) is 0.469. The van der Waals surface area contributed by atoms with E-state index in [1.54, 1.807) is 27.2 Å². The van der Waals surface area contributed by atoms with Gasteiger partial charge in [-0.1, -0.05) is 0 Å². The van der Waals surface area contributed by atoms with Crippen LogP contribution in [0.4, 0.5) is 0 Å². The first-order chi connectivity index (χ1) is 4.66. The first-order valence-corrected chi connectivity index (χ1v) is 2.96. The number of aliphatic imine (C=N–C) groups is 1. The van der Waals surface area contributed by atoms with Crippen LogP contribution in [0.1, 0.15) is 13.8 Å². The predicted molar refractivity (Wildman–Crippen MR) is 42.7 cm³/mol. The van der Waals surface area contributed by atoms with Gasteiger partial charge in [-0.25, -0.2) is 0 Å². The third-order valence-corrected chi connectivity index (χ3v) is 0.846. The highest BCUT2D eigenvalue weighted by molar-refractivity contribution is 6.27. The summed E-state index contributed by atoms with van der Waals surface area (Å²) in [6, 6.07) is 0. The minimum Gasteiger partial charge on any atom is -0.500 e. The van der Waals surface area contributed by atoms with Crippen LogP contribution in [0.25, 0.3) is 0 Å². The van der Waals surface area contributed by atoms with Gasteiger partial charge in [0.25, 0.3) is 0 Å². The van der Waals surface area contributed by atoms with Gasteiger partial charge in [-0.05, 0) is 13.8 Å². The molecule has 0 heterocycles. The molecule has 0 saturated heterocycles. The number of hydrogen-bond donors (Lipinski definition) is 1. The molecular formula is C7H12N2O. The molecular weight excluding hydrogens is 128 g/mol. The second kappa shape index (κ2) is 4.73. The topological polar surface area (TPSA) is 45.4 Å². The van der Waals surface area contributed by atoms with E-state index in [1.807, 2.05) is 0 Å². The molecule has 0 aliphatic rings. The molecule has 0 aromatic carbocycles. The molecule has 0 unspecified atom stereocenters. The molecule has 10 heavy (non-hydrogen) atoms. The Bertz CT molecular complexity index is 170. The average Bonchev–Trinajstić information content (AvgIpc) is 1.87. The fraction of sp³-hybridized carbons (Fsp3) is 0.429. The van der Waals surface area contributed by atoms with Crippen LogP contribution in [-0.4, -0.2) is 19.0 Å². The van der Waals surface area contributed by atoms with Gasteiger partial charge < -0.3 is 10.1 Å². The van der Waals surface area contributed by atoms with E-state index in [1.165, 1.54) is 6.21 Å². The standard InChI is InChI=1S/C7H12N2O/c1-6(8)4-9-5-7(2)10-3/h4-5,8H,1-3H3/b7-5+,8-6?,9-4-. The maximum absolute atomic E-state index is 6.98. The molecule has 0 rings (SSSR count). The molecule has 0 amide bonds. The van der Waals surface area contributed by atoms with Gasteiger partial charge in [0.2, 0.25) is 0 Å². The Morgan fingerprint density at radius 3 is 2.50 bits per heavy atom. The number of ether oxygens (including phenoxy) is 1.